The summed E-state index contributed by atoms with van der Waals surface area (Å²) >= 11 is 0. The van der Waals surface area contributed by atoms with Crippen molar-refractivity contribution in [2.24, 2.45) is 0 Å². The Hall–Kier alpha value is -1.45. The number of carbonyl (C=O) groups excluding carboxylic acids is 1. The average Bonchev–Trinajstić information content (AvgIpc) is 2.05. The Morgan fingerprint density at radius 1 is 1.58 bits per heavy atom. The molecule has 4 heteroatoms. The van der Waals surface area contributed by atoms with Crippen LogP contribution in [0, 0.1) is 0 Å². The first-order chi connectivity index (χ1) is 5.54. The highest BCUT2D eigenvalue weighted by Gasteiger charge is 2.13. The van der Waals surface area contributed by atoms with Crippen LogP contribution in [0.25, 0.3) is 0 Å². The zero-order chi connectivity index (χ0) is 9.72. The van der Waals surface area contributed by atoms with Gasteiger partial charge < -0.3 is 15.2 Å². The maximum atomic E-state index is 10.9. The third-order valence-electron chi connectivity index (χ3n) is 1.28. The second-order valence-corrected chi connectivity index (χ2v) is 2.25. The molecule has 0 atom stereocenters. The van der Waals surface area contributed by atoms with Crippen LogP contribution in [-0.2, 0) is 9.53 Å². The molecule has 0 radical (unpaired) electrons. The molecule has 0 fully saturated rings. The largest absolute Gasteiger partial charge is 0.505 e. The van der Waals surface area contributed by atoms with Crippen molar-refractivity contribution in [3.8, 4) is 0 Å². The lowest BCUT2D eigenvalue weighted by Crippen LogP contribution is -2.20. The Balaban J connectivity index is 4.86. The van der Waals surface area contributed by atoms with Crippen molar-refractivity contribution < 1.29 is 14.6 Å². The molecular formula is C8H13NO3. The van der Waals surface area contributed by atoms with Crippen molar-refractivity contribution in [1.29, 1.82) is 0 Å². The predicted octanol–water partition coefficient (Wildman–Crippen LogP) is 0.724. The highest BCUT2D eigenvalue weighted by Crippen LogP contribution is 2.07. The monoisotopic (exact) mass is 171 g/mol. The number of rotatable bonds is 3. The standard InChI is InChI=1S/C8H13NO3/c1-5(2)7(10)6(9-3)8(11)12-4/h9-10H,1H2,2-4H3/b7-6+. The molecule has 0 spiro atoms. The van der Waals surface area contributed by atoms with Gasteiger partial charge in [-0.25, -0.2) is 4.79 Å². The van der Waals surface area contributed by atoms with Gasteiger partial charge in [-0.2, -0.15) is 0 Å². The van der Waals surface area contributed by atoms with Crippen molar-refractivity contribution in [1.82, 2.24) is 5.32 Å². The van der Waals surface area contributed by atoms with Crippen molar-refractivity contribution >= 4 is 5.97 Å². The molecule has 68 valence electrons. The predicted molar refractivity (Wildman–Crippen MR) is 45.5 cm³/mol. The molecule has 0 saturated heterocycles. The number of ether oxygens (including phenoxy) is 1. The fourth-order valence-corrected chi connectivity index (χ4v) is 0.633. The molecular weight excluding hydrogens is 158 g/mol. The summed E-state index contributed by atoms with van der Waals surface area (Å²) in [6.45, 7) is 5.08. The van der Waals surface area contributed by atoms with E-state index >= 15 is 0 Å². The summed E-state index contributed by atoms with van der Waals surface area (Å²) in [5.41, 5.74) is 0.426. The Labute approximate surface area is 71.5 Å². The molecule has 0 aromatic heterocycles. The zero-order valence-corrected chi connectivity index (χ0v) is 7.47. The Kier molecular flexibility index (Phi) is 3.90. The number of likely N-dealkylation sites (N-methyl/N-ethyl adjacent to an activating group) is 1. The van der Waals surface area contributed by atoms with Gasteiger partial charge >= 0.3 is 5.97 Å². The summed E-state index contributed by atoms with van der Waals surface area (Å²) in [7, 11) is 2.76. The van der Waals surface area contributed by atoms with Gasteiger partial charge in [-0.3, -0.25) is 0 Å². The van der Waals surface area contributed by atoms with E-state index in [1.165, 1.54) is 14.2 Å². The second kappa shape index (κ2) is 4.43. The first-order valence-electron chi connectivity index (χ1n) is 3.39. The van der Waals surface area contributed by atoms with E-state index in [9.17, 15) is 9.90 Å². The van der Waals surface area contributed by atoms with Gasteiger partial charge in [-0.05, 0) is 12.5 Å². The maximum absolute atomic E-state index is 10.9. The van der Waals surface area contributed by atoms with Gasteiger partial charge in [0.25, 0.3) is 0 Å². The third kappa shape index (κ3) is 2.30. The number of carbonyl (C=O) groups is 1. The summed E-state index contributed by atoms with van der Waals surface area (Å²) < 4.78 is 4.41. The van der Waals surface area contributed by atoms with Crippen molar-refractivity contribution in [2.45, 2.75) is 6.92 Å². The second-order valence-electron chi connectivity index (χ2n) is 2.25. The lowest BCUT2D eigenvalue weighted by Gasteiger charge is -2.07. The van der Waals surface area contributed by atoms with E-state index in [1.54, 1.807) is 6.92 Å². The molecule has 0 bridgehead atoms. The molecule has 2 N–H and O–H groups in total. The fraction of sp³-hybridized carbons (Fsp3) is 0.375. The third-order valence-corrected chi connectivity index (χ3v) is 1.28. The number of esters is 1. The molecule has 0 saturated carbocycles. The highest BCUT2D eigenvalue weighted by molar-refractivity contribution is 5.88. The van der Waals surface area contributed by atoms with Crippen LogP contribution in [-0.4, -0.2) is 25.2 Å². The van der Waals surface area contributed by atoms with Crippen LogP contribution in [0.15, 0.2) is 23.6 Å². The lowest BCUT2D eigenvalue weighted by atomic mass is 10.2. The molecule has 0 heterocycles. The molecule has 0 aliphatic heterocycles. The summed E-state index contributed by atoms with van der Waals surface area (Å²) in [6, 6.07) is 0. The van der Waals surface area contributed by atoms with E-state index in [0.29, 0.717) is 5.57 Å². The van der Waals surface area contributed by atoms with Crippen LogP contribution in [0.3, 0.4) is 0 Å². The first-order valence-corrected chi connectivity index (χ1v) is 3.39. The van der Waals surface area contributed by atoms with Crippen molar-refractivity contribution in [3.05, 3.63) is 23.6 Å². The van der Waals surface area contributed by atoms with E-state index in [1.807, 2.05) is 0 Å². The molecule has 0 aromatic carbocycles. The molecule has 0 rings (SSSR count). The summed E-state index contributed by atoms with van der Waals surface area (Å²) in [6.07, 6.45) is 0. The number of hydrogen-bond acceptors (Lipinski definition) is 4. The van der Waals surface area contributed by atoms with E-state index < -0.39 is 5.97 Å². The van der Waals surface area contributed by atoms with Crippen LogP contribution in [0.2, 0.25) is 0 Å². The minimum absolute atomic E-state index is 0.0185. The minimum atomic E-state index is -0.613. The van der Waals surface area contributed by atoms with Gasteiger partial charge in [-0.1, -0.05) is 6.58 Å². The molecule has 0 amide bonds. The van der Waals surface area contributed by atoms with E-state index in [4.69, 9.17) is 0 Å². The number of aliphatic hydroxyl groups is 1. The van der Waals surface area contributed by atoms with Gasteiger partial charge in [0.1, 0.15) is 5.76 Å². The van der Waals surface area contributed by atoms with Crippen LogP contribution in [0.1, 0.15) is 6.92 Å². The molecule has 0 aromatic rings. The number of allylic oxidation sites excluding steroid dienone is 1. The number of nitrogens with one attached hydrogen (secondary N) is 1. The van der Waals surface area contributed by atoms with Gasteiger partial charge in [0.05, 0.1) is 7.11 Å². The average molecular weight is 171 g/mol. The SMILES string of the molecule is C=C(C)/C(O)=C(\NC)C(=O)OC. The number of methoxy groups -OCH3 is 1. The summed E-state index contributed by atoms with van der Waals surface area (Å²) in [4.78, 5) is 10.9. The quantitative estimate of drug-likeness (QED) is 0.284. The van der Waals surface area contributed by atoms with Gasteiger partial charge in [0.2, 0.25) is 0 Å². The van der Waals surface area contributed by atoms with Gasteiger partial charge in [0.15, 0.2) is 5.70 Å². The summed E-state index contributed by atoms with van der Waals surface area (Å²) in [5, 5.41) is 11.8. The maximum Gasteiger partial charge on any atom is 0.358 e. The zero-order valence-electron chi connectivity index (χ0n) is 7.47. The number of aliphatic hydroxyl groups excluding tert-OH is 1. The smallest absolute Gasteiger partial charge is 0.358 e. The Morgan fingerprint density at radius 2 is 2.08 bits per heavy atom. The lowest BCUT2D eigenvalue weighted by molar-refractivity contribution is -0.136. The van der Waals surface area contributed by atoms with Crippen LogP contribution < -0.4 is 5.32 Å². The van der Waals surface area contributed by atoms with Crippen LogP contribution >= 0.6 is 0 Å². The Morgan fingerprint density at radius 3 is 2.33 bits per heavy atom. The van der Waals surface area contributed by atoms with Gasteiger partial charge in [-0.15, -0.1) is 0 Å². The van der Waals surface area contributed by atoms with E-state index in [2.05, 4.69) is 16.6 Å². The number of hydrogen-bond donors (Lipinski definition) is 2. The molecule has 0 aliphatic rings. The van der Waals surface area contributed by atoms with Crippen molar-refractivity contribution in [3.63, 3.8) is 0 Å². The van der Waals surface area contributed by atoms with Crippen LogP contribution in [0.4, 0.5) is 0 Å². The summed E-state index contributed by atoms with van der Waals surface area (Å²) in [5.74, 6) is -0.789. The highest BCUT2D eigenvalue weighted by atomic mass is 16.5. The van der Waals surface area contributed by atoms with E-state index in [0.717, 1.165) is 0 Å². The van der Waals surface area contributed by atoms with Gasteiger partial charge in [0, 0.05) is 7.05 Å². The van der Waals surface area contributed by atoms with Crippen molar-refractivity contribution in [2.75, 3.05) is 14.2 Å². The molecule has 12 heavy (non-hydrogen) atoms. The fourth-order valence-electron chi connectivity index (χ4n) is 0.633. The molecule has 0 aliphatic carbocycles. The van der Waals surface area contributed by atoms with E-state index in [-0.39, 0.29) is 11.5 Å². The molecule has 4 nitrogen and oxygen atoms in total. The normalized spacial score (nSPS) is 11.6. The topological polar surface area (TPSA) is 58.6 Å². The first kappa shape index (κ1) is 10.6. The van der Waals surface area contributed by atoms with Crippen LogP contribution in [0.5, 0.6) is 0 Å². The minimum Gasteiger partial charge on any atom is -0.505 e. The Bertz CT molecular complexity index is 230. The molecule has 0 unspecified atom stereocenters.